The second-order valence-electron chi connectivity index (χ2n) is 17.2. The first kappa shape index (κ1) is 48.5. The third-order valence-corrected chi connectivity index (χ3v) is 10.3. The van der Waals surface area contributed by atoms with Gasteiger partial charge in [-0.05, 0) is 198 Å². The van der Waals surface area contributed by atoms with Gasteiger partial charge in [0.2, 0.25) is 0 Å². The highest BCUT2D eigenvalue weighted by Crippen LogP contribution is 2.30. The molecule has 0 saturated heterocycles. The Kier molecular flexibility index (Phi) is 24.7. The van der Waals surface area contributed by atoms with Crippen molar-refractivity contribution in [2.24, 2.45) is 0 Å². The zero-order valence-electron chi connectivity index (χ0n) is 34.5. The Bertz CT molecular complexity index is 1060. The van der Waals surface area contributed by atoms with Crippen molar-refractivity contribution < 1.29 is 25.5 Å². The van der Waals surface area contributed by atoms with Crippen LogP contribution in [-0.4, -0.2) is 54.5 Å². The van der Waals surface area contributed by atoms with Crippen molar-refractivity contribution in [3.05, 3.63) is 58.2 Å². The maximum absolute atomic E-state index is 11.0. The summed E-state index contributed by atoms with van der Waals surface area (Å²) in [5, 5.41) is 52.5. The normalized spacial score (nSPS) is 18.3. The smallest absolute Gasteiger partial charge is 0.0622 e. The lowest BCUT2D eigenvalue weighted by Crippen LogP contribution is -2.30. The highest BCUT2D eigenvalue weighted by atomic mass is 16.3. The van der Waals surface area contributed by atoms with E-state index in [-0.39, 0.29) is 6.61 Å². The number of allylic oxidation sites excluding steroid dienone is 9. The number of hydrogen-bond donors (Lipinski definition) is 5. The van der Waals surface area contributed by atoms with Gasteiger partial charge in [0.25, 0.3) is 0 Å². The fraction of sp³-hybridized carbons (Fsp3) is 0.778. The Hall–Kier alpha value is -1.50. The molecule has 0 aromatic rings. The van der Waals surface area contributed by atoms with Crippen molar-refractivity contribution in [1.82, 2.24) is 0 Å². The second-order valence-corrected chi connectivity index (χ2v) is 17.2. The van der Waals surface area contributed by atoms with Crippen molar-refractivity contribution >= 4 is 0 Å². The zero-order chi connectivity index (χ0) is 38.3. The van der Waals surface area contributed by atoms with Gasteiger partial charge in [0, 0.05) is 0 Å². The fourth-order valence-corrected chi connectivity index (χ4v) is 6.67. The Morgan fingerprint density at radius 1 is 0.380 bits per heavy atom. The Morgan fingerprint density at radius 2 is 0.680 bits per heavy atom. The SMILES string of the molecule is CC(C)=CCCC(C)(O)CCCC(C)(O)CCCC(C)(O)CCCC(C)(O)CCCC(C)=CCCC(C)=CCCC(C)=CCCC(C)=CCO. The molecule has 0 spiro atoms. The fourth-order valence-electron chi connectivity index (χ4n) is 6.67. The summed E-state index contributed by atoms with van der Waals surface area (Å²) in [4.78, 5) is 0. The van der Waals surface area contributed by atoms with Crippen LogP contribution in [0.25, 0.3) is 0 Å². The number of hydrogen-bond acceptors (Lipinski definition) is 5. The summed E-state index contributed by atoms with van der Waals surface area (Å²) in [5.41, 5.74) is 3.75. The van der Waals surface area contributed by atoms with Crippen LogP contribution in [0.4, 0.5) is 0 Å². The molecule has 0 saturated carbocycles. The van der Waals surface area contributed by atoms with Gasteiger partial charge in [-0.15, -0.1) is 0 Å². The molecule has 50 heavy (non-hydrogen) atoms. The van der Waals surface area contributed by atoms with Gasteiger partial charge in [-0.1, -0.05) is 58.2 Å². The van der Waals surface area contributed by atoms with E-state index in [0.29, 0.717) is 38.5 Å². The molecule has 5 nitrogen and oxygen atoms in total. The van der Waals surface area contributed by atoms with E-state index in [1.807, 2.05) is 33.8 Å². The van der Waals surface area contributed by atoms with Crippen LogP contribution in [0.1, 0.15) is 198 Å². The average molecular weight is 703 g/mol. The monoisotopic (exact) mass is 703 g/mol. The molecule has 0 aliphatic rings. The lowest BCUT2D eigenvalue weighted by atomic mass is 9.84. The van der Waals surface area contributed by atoms with Gasteiger partial charge in [0.1, 0.15) is 0 Å². The molecule has 5 N–H and O–H groups in total. The summed E-state index contributed by atoms with van der Waals surface area (Å²) in [6.07, 6.45) is 28.0. The van der Waals surface area contributed by atoms with Gasteiger partial charge in [-0.3, -0.25) is 0 Å². The minimum atomic E-state index is -0.805. The van der Waals surface area contributed by atoms with Gasteiger partial charge < -0.3 is 25.5 Å². The molecule has 0 rings (SSSR count). The predicted molar refractivity (Wildman–Crippen MR) is 216 cm³/mol. The molecule has 292 valence electrons. The molecule has 4 unspecified atom stereocenters. The van der Waals surface area contributed by atoms with Crippen molar-refractivity contribution in [2.45, 2.75) is 220 Å². The van der Waals surface area contributed by atoms with Crippen LogP contribution >= 0.6 is 0 Å². The first-order chi connectivity index (χ1) is 23.2. The highest BCUT2D eigenvalue weighted by Gasteiger charge is 2.27. The van der Waals surface area contributed by atoms with Gasteiger partial charge in [-0.2, -0.15) is 0 Å². The average Bonchev–Trinajstić information content (AvgIpc) is 2.96. The van der Waals surface area contributed by atoms with E-state index in [0.717, 1.165) is 89.9 Å². The Morgan fingerprint density at radius 3 is 1.02 bits per heavy atom. The van der Waals surface area contributed by atoms with E-state index >= 15 is 0 Å². The van der Waals surface area contributed by atoms with Gasteiger partial charge >= 0.3 is 0 Å². The van der Waals surface area contributed by atoms with Crippen molar-refractivity contribution in [3.63, 3.8) is 0 Å². The van der Waals surface area contributed by atoms with Crippen LogP contribution in [-0.2, 0) is 0 Å². The van der Waals surface area contributed by atoms with Crippen LogP contribution in [0, 0.1) is 0 Å². The molecule has 0 aliphatic carbocycles. The van der Waals surface area contributed by atoms with E-state index < -0.39 is 22.4 Å². The van der Waals surface area contributed by atoms with E-state index in [9.17, 15) is 20.4 Å². The van der Waals surface area contributed by atoms with Crippen molar-refractivity contribution in [2.75, 3.05) is 6.61 Å². The van der Waals surface area contributed by atoms with E-state index in [2.05, 4.69) is 65.8 Å². The first-order valence-corrected chi connectivity index (χ1v) is 19.9. The lowest BCUT2D eigenvalue weighted by molar-refractivity contribution is -0.00312. The van der Waals surface area contributed by atoms with Crippen LogP contribution in [0.2, 0.25) is 0 Å². The Labute approximate surface area is 309 Å². The second kappa shape index (κ2) is 25.5. The van der Waals surface area contributed by atoms with Crippen molar-refractivity contribution in [1.29, 1.82) is 0 Å². The zero-order valence-corrected chi connectivity index (χ0v) is 34.5. The van der Waals surface area contributed by atoms with E-state index in [1.165, 1.54) is 27.9 Å². The first-order valence-electron chi connectivity index (χ1n) is 19.9. The summed E-state index contributed by atoms with van der Waals surface area (Å²) in [7, 11) is 0. The standard InChI is InChI=1S/C45H82O5/c1-37(2)19-14-28-42(7,47)30-16-32-44(9,49)34-18-35-45(10,50)33-17-31-43(8,48)29-15-26-40(5)24-12-22-38(3)20-11-21-39(4)23-13-25-41(6)27-36-46/h19-20,23-24,27,46-50H,11-18,21-22,25-26,28-36H2,1-10H3. The maximum Gasteiger partial charge on any atom is 0.0622 e. The number of rotatable bonds is 29. The third kappa shape index (κ3) is 29.1. The van der Waals surface area contributed by atoms with Gasteiger partial charge in [0.15, 0.2) is 0 Å². The largest absolute Gasteiger partial charge is 0.392 e. The number of aliphatic hydroxyl groups is 5. The number of aliphatic hydroxyl groups excluding tert-OH is 1. The summed E-state index contributed by atoms with van der Waals surface area (Å²) in [5.74, 6) is 0. The molecule has 0 amide bonds. The summed E-state index contributed by atoms with van der Waals surface area (Å²) >= 11 is 0. The molecule has 0 aliphatic heterocycles. The van der Waals surface area contributed by atoms with Gasteiger partial charge in [0.05, 0.1) is 29.0 Å². The molecule has 0 fully saturated rings. The molecule has 0 bridgehead atoms. The third-order valence-electron chi connectivity index (χ3n) is 10.3. The van der Waals surface area contributed by atoms with Crippen LogP contribution in [0.3, 0.4) is 0 Å². The maximum atomic E-state index is 11.0. The molecule has 0 heterocycles. The predicted octanol–water partition coefficient (Wildman–Crippen LogP) is 11.5. The highest BCUT2D eigenvalue weighted by molar-refractivity contribution is 5.07. The molecule has 0 radical (unpaired) electrons. The quantitative estimate of drug-likeness (QED) is 0.0500. The van der Waals surface area contributed by atoms with Crippen LogP contribution in [0.5, 0.6) is 0 Å². The minimum Gasteiger partial charge on any atom is -0.392 e. The summed E-state index contributed by atoms with van der Waals surface area (Å²) in [6, 6.07) is 0. The summed E-state index contributed by atoms with van der Waals surface area (Å²) < 4.78 is 0. The molecule has 5 heteroatoms. The molecule has 4 atom stereocenters. The van der Waals surface area contributed by atoms with E-state index in [1.54, 1.807) is 0 Å². The Balaban J connectivity index is 4.30. The molecular formula is C45H82O5. The topological polar surface area (TPSA) is 101 Å². The van der Waals surface area contributed by atoms with Crippen molar-refractivity contribution in [3.8, 4) is 0 Å². The molecule has 0 aromatic heterocycles. The molecular weight excluding hydrogens is 620 g/mol. The van der Waals surface area contributed by atoms with E-state index in [4.69, 9.17) is 5.11 Å². The van der Waals surface area contributed by atoms with Crippen LogP contribution < -0.4 is 0 Å². The lowest BCUT2D eigenvalue weighted by Gasteiger charge is -2.30. The van der Waals surface area contributed by atoms with Crippen LogP contribution in [0.15, 0.2) is 58.2 Å². The summed E-state index contributed by atoms with van der Waals surface area (Å²) in [6.45, 7) is 20.6. The van der Waals surface area contributed by atoms with Gasteiger partial charge in [-0.25, -0.2) is 0 Å². The minimum absolute atomic E-state index is 0.128. The molecule has 0 aromatic carbocycles.